The van der Waals surface area contributed by atoms with Crippen LogP contribution in [0, 0.1) is 34.0 Å². The first kappa shape index (κ1) is 16.4. The van der Waals surface area contributed by atoms with Crippen molar-refractivity contribution in [3.05, 3.63) is 41.5 Å². The van der Waals surface area contributed by atoms with E-state index in [1.807, 2.05) is 6.07 Å². The van der Waals surface area contributed by atoms with E-state index in [0.717, 1.165) is 13.1 Å². The molecule has 96 valence electrons. The summed E-state index contributed by atoms with van der Waals surface area (Å²) in [4.78, 5) is 0. The summed E-state index contributed by atoms with van der Waals surface area (Å²) in [5.74, 6) is 0. The Morgan fingerprint density at radius 3 is 1.79 bits per heavy atom. The molecular weight excluding hydrogens is 236 g/mol. The standard InChI is InChI=1S/C11H5N3.C4H11N/c12-6-10(7-13)11(8-14)9-4-2-1-3-5-9;1-3-5-4-2/h1-5H;5H,3-4H2,1-2H3. The highest BCUT2D eigenvalue weighted by Gasteiger charge is 2.06. The number of hydrogen-bond donors (Lipinski definition) is 1. The minimum absolute atomic E-state index is 0.121. The molecule has 0 heterocycles. The van der Waals surface area contributed by atoms with Crippen molar-refractivity contribution >= 4 is 5.57 Å². The number of nitrogens with zero attached hydrogens (tertiary/aromatic N) is 3. The van der Waals surface area contributed by atoms with E-state index >= 15 is 0 Å². The van der Waals surface area contributed by atoms with Crippen LogP contribution in [0.25, 0.3) is 5.57 Å². The van der Waals surface area contributed by atoms with Gasteiger partial charge in [0.1, 0.15) is 23.8 Å². The summed E-state index contributed by atoms with van der Waals surface area (Å²) in [6, 6.07) is 13.9. The van der Waals surface area contributed by atoms with Gasteiger partial charge in [0.05, 0.1) is 5.57 Å². The second-order valence-corrected chi connectivity index (χ2v) is 3.41. The topological polar surface area (TPSA) is 83.4 Å². The van der Waals surface area contributed by atoms with Crippen molar-refractivity contribution in [3.63, 3.8) is 0 Å². The first-order valence-electron chi connectivity index (χ1n) is 5.95. The molecule has 0 aliphatic rings. The van der Waals surface area contributed by atoms with Crippen molar-refractivity contribution in [3.8, 4) is 18.2 Å². The summed E-state index contributed by atoms with van der Waals surface area (Å²) >= 11 is 0. The van der Waals surface area contributed by atoms with Gasteiger partial charge in [0.25, 0.3) is 0 Å². The molecule has 0 aliphatic heterocycles. The molecule has 1 rings (SSSR count). The van der Waals surface area contributed by atoms with Gasteiger partial charge >= 0.3 is 0 Å². The fourth-order valence-electron chi connectivity index (χ4n) is 1.26. The molecule has 4 nitrogen and oxygen atoms in total. The highest BCUT2D eigenvalue weighted by Crippen LogP contribution is 2.16. The van der Waals surface area contributed by atoms with Crippen molar-refractivity contribution < 1.29 is 0 Å². The van der Waals surface area contributed by atoms with E-state index in [0.29, 0.717) is 5.56 Å². The van der Waals surface area contributed by atoms with E-state index < -0.39 is 0 Å². The Morgan fingerprint density at radius 2 is 1.47 bits per heavy atom. The molecule has 1 aromatic rings. The normalized spacial score (nSPS) is 7.95. The van der Waals surface area contributed by atoms with Crippen LogP contribution in [0.4, 0.5) is 0 Å². The number of benzene rings is 1. The van der Waals surface area contributed by atoms with Crippen LogP contribution in [-0.4, -0.2) is 13.1 Å². The molecule has 0 unspecified atom stereocenters. The van der Waals surface area contributed by atoms with Crippen LogP contribution >= 0.6 is 0 Å². The van der Waals surface area contributed by atoms with Crippen LogP contribution < -0.4 is 5.32 Å². The van der Waals surface area contributed by atoms with Gasteiger partial charge in [-0.15, -0.1) is 0 Å². The Balaban J connectivity index is 0.000000555. The fourth-order valence-corrected chi connectivity index (χ4v) is 1.26. The third-order valence-electron chi connectivity index (χ3n) is 2.15. The van der Waals surface area contributed by atoms with Crippen LogP contribution in [0.2, 0.25) is 0 Å². The van der Waals surface area contributed by atoms with Gasteiger partial charge in [0.2, 0.25) is 0 Å². The lowest BCUT2D eigenvalue weighted by molar-refractivity contribution is 0.762. The first-order chi connectivity index (χ1) is 9.24. The summed E-state index contributed by atoms with van der Waals surface area (Å²) in [7, 11) is 0. The summed E-state index contributed by atoms with van der Waals surface area (Å²) in [6.45, 7) is 6.39. The molecule has 0 aromatic heterocycles. The summed E-state index contributed by atoms with van der Waals surface area (Å²) in [5.41, 5.74) is 0.558. The average molecular weight is 252 g/mol. The van der Waals surface area contributed by atoms with Gasteiger partial charge in [-0.1, -0.05) is 44.2 Å². The first-order valence-corrected chi connectivity index (χ1v) is 5.95. The van der Waals surface area contributed by atoms with Gasteiger partial charge in [0.15, 0.2) is 0 Å². The van der Waals surface area contributed by atoms with Crippen LogP contribution in [0.1, 0.15) is 19.4 Å². The van der Waals surface area contributed by atoms with E-state index in [-0.39, 0.29) is 11.1 Å². The molecule has 0 saturated carbocycles. The molecule has 0 amide bonds. The van der Waals surface area contributed by atoms with E-state index in [9.17, 15) is 0 Å². The second-order valence-electron chi connectivity index (χ2n) is 3.41. The molecule has 0 atom stereocenters. The zero-order valence-corrected chi connectivity index (χ0v) is 11.1. The monoisotopic (exact) mass is 252 g/mol. The molecule has 0 aliphatic carbocycles. The minimum atomic E-state index is -0.154. The second kappa shape index (κ2) is 10.5. The van der Waals surface area contributed by atoms with Crippen molar-refractivity contribution in [2.45, 2.75) is 13.8 Å². The minimum Gasteiger partial charge on any atom is -0.317 e. The molecule has 19 heavy (non-hydrogen) atoms. The molecule has 0 fully saturated rings. The van der Waals surface area contributed by atoms with E-state index in [1.165, 1.54) is 0 Å². The highest BCUT2D eigenvalue weighted by molar-refractivity contribution is 5.84. The third kappa shape index (κ3) is 6.03. The molecule has 0 radical (unpaired) electrons. The van der Waals surface area contributed by atoms with Crippen molar-refractivity contribution in [2.24, 2.45) is 0 Å². The van der Waals surface area contributed by atoms with Crippen molar-refractivity contribution in [1.29, 1.82) is 15.8 Å². The molecule has 1 N–H and O–H groups in total. The lowest BCUT2D eigenvalue weighted by Crippen LogP contribution is -2.09. The molecule has 0 saturated heterocycles. The van der Waals surface area contributed by atoms with Gasteiger partial charge in [0, 0.05) is 0 Å². The molecule has 0 spiro atoms. The molecular formula is C15H16N4. The van der Waals surface area contributed by atoms with Crippen molar-refractivity contribution in [1.82, 2.24) is 5.32 Å². The Morgan fingerprint density at radius 1 is 0.947 bits per heavy atom. The quantitative estimate of drug-likeness (QED) is 0.838. The molecule has 4 heteroatoms. The number of nitriles is 3. The van der Waals surface area contributed by atoms with Crippen LogP contribution in [0.15, 0.2) is 35.9 Å². The maximum Gasteiger partial charge on any atom is 0.148 e. The van der Waals surface area contributed by atoms with Crippen LogP contribution in [-0.2, 0) is 0 Å². The Kier molecular flexibility index (Phi) is 9.09. The molecule has 1 aromatic carbocycles. The third-order valence-corrected chi connectivity index (χ3v) is 2.15. The summed E-state index contributed by atoms with van der Waals surface area (Å²) < 4.78 is 0. The van der Waals surface area contributed by atoms with E-state index in [1.54, 1.807) is 42.5 Å². The Hall–Kier alpha value is -2.61. The van der Waals surface area contributed by atoms with Gasteiger partial charge < -0.3 is 5.32 Å². The Bertz CT molecular complexity index is 506. The van der Waals surface area contributed by atoms with E-state index in [4.69, 9.17) is 15.8 Å². The largest absolute Gasteiger partial charge is 0.317 e. The lowest BCUT2D eigenvalue weighted by Gasteiger charge is -1.96. The predicted octanol–water partition coefficient (Wildman–Crippen LogP) is 2.63. The maximum atomic E-state index is 8.80. The lowest BCUT2D eigenvalue weighted by atomic mass is 10.0. The molecule has 0 bridgehead atoms. The maximum absolute atomic E-state index is 8.80. The van der Waals surface area contributed by atoms with Crippen molar-refractivity contribution in [2.75, 3.05) is 13.1 Å². The SMILES string of the molecule is CCNCC.N#CC(C#N)=C(C#N)c1ccccc1. The van der Waals surface area contributed by atoms with E-state index in [2.05, 4.69) is 19.2 Å². The number of allylic oxidation sites excluding steroid dienone is 2. The highest BCUT2D eigenvalue weighted by atomic mass is 14.8. The van der Waals surface area contributed by atoms with Gasteiger partial charge in [-0.25, -0.2) is 0 Å². The number of hydrogen-bond acceptors (Lipinski definition) is 4. The van der Waals surface area contributed by atoms with Crippen LogP contribution in [0.5, 0.6) is 0 Å². The zero-order chi connectivity index (χ0) is 14.5. The summed E-state index contributed by atoms with van der Waals surface area (Å²) in [6.07, 6.45) is 0. The van der Waals surface area contributed by atoms with Gasteiger partial charge in [-0.3, -0.25) is 0 Å². The smallest absolute Gasteiger partial charge is 0.148 e. The fraction of sp³-hybridized carbons (Fsp3) is 0.267. The average Bonchev–Trinajstić information content (AvgIpc) is 2.47. The van der Waals surface area contributed by atoms with Crippen LogP contribution in [0.3, 0.4) is 0 Å². The predicted molar refractivity (Wildman–Crippen MR) is 74.4 cm³/mol. The zero-order valence-electron chi connectivity index (χ0n) is 11.1. The number of rotatable bonds is 3. The Labute approximate surface area is 114 Å². The van der Waals surface area contributed by atoms with Gasteiger partial charge in [-0.05, 0) is 18.7 Å². The number of nitrogens with one attached hydrogen (secondary N) is 1. The van der Waals surface area contributed by atoms with Gasteiger partial charge in [-0.2, -0.15) is 15.8 Å². The summed E-state index contributed by atoms with van der Waals surface area (Å²) in [5, 5.41) is 29.1.